The van der Waals surface area contributed by atoms with Gasteiger partial charge in [-0.1, -0.05) is 0 Å². The van der Waals surface area contributed by atoms with Gasteiger partial charge in [-0.3, -0.25) is 0 Å². The minimum atomic E-state index is -0.210. The normalized spacial score (nSPS) is 33.4. The van der Waals surface area contributed by atoms with E-state index >= 15 is 0 Å². The third-order valence-corrected chi connectivity index (χ3v) is 11.9. The Morgan fingerprint density at radius 1 is 0.351 bits per heavy atom. The van der Waals surface area contributed by atoms with Crippen molar-refractivity contribution in [1.82, 2.24) is 0 Å². The van der Waals surface area contributed by atoms with E-state index in [2.05, 4.69) is 92.2 Å². The van der Waals surface area contributed by atoms with Crippen LogP contribution in [0.4, 0.5) is 0 Å². The van der Waals surface area contributed by atoms with Crippen molar-refractivity contribution in [2.45, 2.75) is 88.7 Å². The van der Waals surface area contributed by atoms with Crippen LogP contribution in [0, 0.1) is 11.8 Å². The van der Waals surface area contributed by atoms with Crippen LogP contribution in [-0.4, -0.2) is 26.2 Å². The van der Waals surface area contributed by atoms with Gasteiger partial charge in [0.25, 0.3) is 0 Å². The number of nitrogens with zero attached hydrogens (tertiary/aromatic N) is 2. The number of allylic oxidation sites excluding steroid dienone is 12. The molecular formula is C35H38N2+2. The summed E-state index contributed by atoms with van der Waals surface area (Å²) in [6, 6.07) is 0. The van der Waals surface area contributed by atoms with Gasteiger partial charge in [0.2, 0.25) is 22.8 Å². The maximum atomic E-state index is 2.88. The van der Waals surface area contributed by atoms with Crippen LogP contribution in [0.3, 0.4) is 0 Å². The number of hydrogen-bond donors (Lipinski definition) is 0. The summed E-state index contributed by atoms with van der Waals surface area (Å²) in [6.45, 7) is 28.8. The summed E-state index contributed by atoms with van der Waals surface area (Å²) in [4.78, 5) is 0. The molecule has 0 saturated heterocycles. The third-order valence-electron chi connectivity index (χ3n) is 11.9. The van der Waals surface area contributed by atoms with Gasteiger partial charge >= 0.3 is 5.66 Å². The van der Waals surface area contributed by atoms with Crippen molar-refractivity contribution in [2.75, 3.05) is 0 Å². The summed E-state index contributed by atoms with van der Waals surface area (Å²) in [7, 11) is 0. The molecule has 0 N–H and O–H groups in total. The fourth-order valence-corrected chi connectivity index (χ4v) is 10.2. The van der Waals surface area contributed by atoms with Crippen LogP contribution in [0.15, 0.2) is 101 Å². The minimum Gasteiger partial charge on any atom is -0.125 e. The molecule has 0 unspecified atom stereocenters. The monoisotopic (exact) mass is 486 g/mol. The highest BCUT2D eigenvalue weighted by atomic mass is 15.4. The van der Waals surface area contributed by atoms with Crippen molar-refractivity contribution >= 4 is 11.4 Å². The summed E-state index contributed by atoms with van der Waals surface area (Å²) in [5.74, 6) is 0.689. The van der Waals surface area contributed by atoms with Gasteiger partial charge in [-0.25, -0.2) is 0 Å². The molecule has 0 aromatic rings. The predicted molar refractivity (Wildman–Crippen MR) is 152 cm³/mol. The van der Waals surface area contributed by atoms with Gasteiger partial charge in [0, 0.05) is 44.6 Å². The molecule has 8 rings (SSSR count). The predicted octanol–water partition coefficient (Wildman–Crippen LogP) is 7.75. The van der Waals surface area contributed by atoms with Crippen molar-refractivity contribution in [3.05, 3.63) is 101 Å². The van der Waals surface area contributed by atoms with Gasteiger partial charge in [-0.15, -0.1) is 9.15 Å². The molecule has 6 heterocycles. The van der Waals surface area contributed by atoms with E-state index in [0.29, 0.717) is 11.8 Å². The van der Waals surface area contributed by atoms with E-state index in [0.717, 1.165) is 0 Å². The molecule has 0 radical (unpaired) electrons. The van der Waals surface area contributed by atoms with Gasteiger partial charge in [0.05, 0.1) is 0 Å². The van der Waals surface area contributed by atoms with Crippen molar-refractivity contribution in [3.63, 3.8) is 0 Å². The first-order valence-electron chi connectivity index (χ1n) is 14.1. The van der Waals surface area contributed by atoms with E-state index in [-0.39, 0.29) is 5.66 Å². The Kier molecular flexibility index (Phi) is 3.58. The highest BCUT2D eigenvalue weighted by molar-refractivity contribution is 6.15. The Morgan fingerprint density at radius 3 is 1.03 bits per heavy atom. The molecule has 0 bridgehead atoms. The van der Waals surface area contributed by atoms with E-state index < -0.39 is 0 Å². The second kappa shape index (κ2) is 6.01. The molecule has 37 heavy (non-hydrogen) atoms. The Hall–Kier alpha value is -3.00. The zero-order valence-corrected chi connectivity index (χ0v) is 24.5. The van der Waals surface area contributed by atoms with Gasteiger partial charge in [-0.2, -0.15) is 0 Å². The molecule has 2 heteroatoms. The average Bonchev–Trinajstić information content (AvgIpc) is 3.48. The average molecular weight is 487 g/mol. The zero-order chi connectivity index (χ0) is 26.4. The van der Waals surface area contributed by atoms with Crippen LogP contribution >= 0.6 is 0 Å². The number of hydrogen-bond acceptors (Lipinski definition) is 0. The lowest BCUT2D eigenvalue weighted by Crippen LogP contribution is -2.69. The molecule has 2 nitrogen and oxygen atoms in total. The first-order valence-corrected chi connectivity index (χ1v) is 14.1. The molecule has 0 saturated carbocycles. The first kappa shape index (κ1) is 22.0. The second-order valence-electron chi connectivity index (χ2n) is 12.9. The van der Waals surface area contributed by atoms with E-state index in [1.54, 1.807) is 22.3 Å². The highest BCUT2D eigenvalue weighted by Crippen LogP contribution is 2.69. The Balaban J connectivity index is 1.71. The van der Waals surface area contributed by atoms with E-state index in [1.807, 2.05) is 0 Å². The van der Waals surface area contributed by atoms with E-state index in [1.165, 1.54) is 89.7 Å². The lowest BCUT2D eigenvalue weighted by atomic mass is 9.60. The molecule has 0 amide bonds. The second-order valence-corrected chi connectivity index (χ2v) is 12.9. The van der Waals surface area contributed by atoms with Crippen LogP contribution in [0.5, 0.6) is 0 Å². The Bertz CT molecular complexity index is 1670. The molecule has 8 aliphatic rings. The summed E-state index contributed by atoms with van der Waals surface area (Å²) in [5.41, 5.74) is 30.0. The lowest BCUT2D eigenvalue weighted by Gasteiger charge is -2.48. The fraction of sp³-hybridized carbons (Fsp3) is 0.429. The summed E-state index contributed by atoms with van der Waals surface area (Å²) in [6.07, 6.45) is 0. The lowest BCUT2D eigenvalue weighted by molar-refractivity contribution is -0.806. The number of rotatable bonds is 0. The van der Waals surface area contributed by atoms with Crippen molar-refractivity contribution < 1.29 is 9.15 Å². The maximum Gasteiger partial charge on any atom is 0.384 e. The molecule has 0 aromatic heterocycles. The van der Waals surface area contributed by atoms with Crippen LogP contribution in [0.2, 0.25) is 0 Å². The Labute approximate surface area is 221 Å². The molecule has 186 valence electrons. The summed E-state index contributed by atoms with van der Waals surface area (Å²) in [5, 5.41) is 0. The van der Waals surface area contributed by atoms with Crippen LogP contribution in [0.25, 0.3) is 0 Å². The van der Waals surface area contributed by atoms with Crippen molar-refractivity contribution in [2.24, 2.45) is 11.8 Å². The highest BCUT2D eigenvalue weighted by Gasteiger charge is 2.81. The molecule has 1 spiro atoms. The maximum absolute atomic E-state index is 2.88. The van der Waals surface area contributed by atoms with Crippen molar-refractivity contribution in [1.29, 1.82) is 0 Å². The Morgan fingerprint density at radius 2 is 0.676 bits per heavy atom. The van der Waals surface area contributed by atoms with Gasteiger partial charge in [-0.05, 0) is 128 Å². The molecule has 2 aliphatic carbocycles. The largest absolute Gasteiger partial charge is 0.384 e. The van der Waals surface area contributed by atoms with Crippen LogP contribution in [0.1, 0.15) is 83.1 Å². The van der Waals surface area contributed by atoms with Crippen LogP contribution in [-0.2, 0) is 0 Å². The fourth-order valence-electron chi connectivity index (χ4n) is 10.2. The van der Waals surface area contributed by atoms with E-state index in [4.69, 9.17) is 0 Å². The van der Waals surface area contributed by atoms with Gasteiger partial charge < -0.3 is 0 Å². The molecular weight excluding hydrogens is 448 g/mol. The summed E-state index contributed by atoms with van der Waals surface area (Å²) >= 11 is 0. The molecule has 0 aromatic carbocycles. The molecule has 0 atom stereocenters. The van der Waals surface area contributed by atoms with Gasteiger partial charge in [0.1, 0.15) is 11.8 Å². The van der Waals surface area contributed by atoms with Gasteiger partial charge in [0.15, 0.2) is 0 Å². The third kappa shape index (κ3) is 1.79. The minimum absolute atomic E-state index is 0.210. The first-order chi connectivity index (χ1) is 17.4. The molecule has 6 aliphatic heterocycles. The zero-order valence-electron chi connectivity index (χ0n) is 24.5. The SMILES string of the molecule is CC1=C(C)C2=C(C)C3=[N+]4C(=C(C)C5=C(C)C(C)=C6C(C)=C7C(C)=C(C)C8=[N+]7C4(C65)C2C1=C8C)C(C)=C3C. The quantitative estimate of drug-likeness (QED) is 0.309. The molecule has 0 fully saturated rings. The standard InChI is InChI=1S/C35H38N2/c1-13-14(2)26-22(10)32-19(7)20(8)34-24(12)28-16(4)15(3)27-23(11)33-18(6)17(5)31-21(9)25(13)29(26)35(30(27)28,36(31)33)37(32)34/h29-30H,1-12H3/q+2. The topological polar surface area (TPSA) is 6.02 Å². The van der Waals surface area contributed by atoms with Crippen LogP contribution < -0.4 is 0 Å². The smallest absolute Gasteiger partial charge is 0.125 e. The van der Waals surface area contributed by atoms with E-state index in [9.17, 15) is 0 Å². The summed E-state index contributed by atoms with van der Waals surface area (Å²) < 4.78 is 5.76. The van der Waals surface area contributed by atoms with Crippen molar-refractivity contribution in [3.8, 4) is 0 Å².